The fraction of sp³-hybridized carbons (Fsp3) is 0.263. The summed E-state index contributed by atoms with van der Waals surface area (Å²) < 4.78 is 30.3. The summed E-state index contributed by atoms with van der Waals surface area (Å²) in [6.45, 7) is 3.27. The van der Waals surface area contributed by atoms with E-state index in [1.165, 1.54) is 13.3 Å². The van der Waals surface area contributed by atoms with Crippen LogP contribution < -0.4 is 14.5 Å². The maximum Gasteiger partial charge on any atom is 0.260 e. The molecule has 0 atom stereocenters. The molecule has 150 valence electrons. The van der Waals surface area contributed by atoms with Crippen LogP contribution in [0.5, 0.6) is 11.5 Å². The van der Waals surface area contributed by atoms with E-state index in [1.807, 2.05) is 19.9 Å². The van der Waals surface area contributed by atoms with E-state index in [4.69, 9.17) is 4.74 Å². The van der Waals surface area contributed by atoms with Gasteiger partial charge in [-0.15, -0.1) is 0 Å². The SMILES string of the molecule is COc1cccc(/C=N\NC(=O)CN(c2cc(C)cc(C)c2)S(C)(=O)=O)c1O. The Morgan fingerprint density at radius 2 is 1.89 bits per heavy atom. The smallest absolute Gasteiger partial charge is 0.260 e. The Labute approximate surface area is 164 Å². The van der Waals surface area contributed by atoms with Gasteiger partial charge in [0, 0.05) is 5.56 Å². The van der Waals surface area contributed by atoms with Gasteiger partial charge in [0.15, 0.2) is 11.5 Å². The molecule has 0 heterocycles. The quantitative estimate of drug-likeness (QED) is 0.541. The summed E-state index contributed by atoms with van der Waals surface area (Å²) >= 11 is 0. The van der Waals surface area contributed by atoms with Crippen LogP contribution in [0.2, 0.25) is 0 Å². The zero-order chi connectivity index (χ0) is 20.9. The molecule has 9 heteroatoms. The van der Waals surface area contributed by atoms with Crippen molar-refractivity contribution in [3.63, 3.8) is 0 Å². The molecule has 0 spiro atoms. The van der Waals surface area contributed by atoms with E-state index < -0.39 is 22.5 Å². The van der Waals surface area contributed by atoms with Gasteiger partial charge in [-0.05, 0) is 49.2 Å². The Balaban J connectivity index is 2.15. The summed E-state index contributed by atoms with van der Waals surface area (Å²) in [4.78, 5) is 12.2. The normalized spacial score (nSPS) is 11.4. The number of methoxy groups -OCH3 is 1. The van der Waals surface area contributed by atoms with Gasteiger partial charge in [-0.1, -0.05) is 12.1 Å². The summed E-state index contributed by atoms with van der Waals surface area (Å²) in [5, 5.41) is 13.8. The van der Waals surface area contributed by atoms with E-state index in [0.717, 1.165) is 21.7 Å². The lowest BCUT2D eigenvalue weighted by Gasteiger charge is -2.22. The standard InChI is InChI=1S/C19H23N3O5S/c1-13-8-14(2)10-16(9-13)22(28(4,25)26)12-18(23)21-20-11-15-6-5-7-17(27-3)19(15)24/h5-11,24H,12H2,1-4H3,(H,21,23)/b20-11-. The van der Waals surface area contributed by atoms with E-state index >= 15 is 0 Å². The van der Waals surface area contributed by atoms with Crippen molar-refractivity contribution >= 4 is 27.8 Å². The van der Waals surface area contributed by atoms with Gasteiger partial charge in [0.25, 0.3) is 5.91 Å². The number of sulfonamides is 1. The molecular formula is C19H23N3O5S. The van der Waals surface area contributed by atoms with Crippen molar-refractivity contribution in [2.75, 3.05) is 24.2 Å². The molecule has 0 aliphatic carbocycles. The number of carbonyl (C=O) groups excluding carboxylic acids is 1. The van der Waals surface area contributed by atoms with E-state index in [0.29, 0.717) is 11.3 Å². The zero-order valence-electron chi connectivity index (χ0n) is 16.1. The van der Waals surface area contributed by atoms with Crippen molar-refractivity contribution in [2.45, 2.75) is 13.8 Å². The largest absolute Gasteiger partial charge is 0.504 e. The fourth-order valence-electron chi connectivity index (χ4n) is 2.64. The minimum Gasteiger partial charge on any atom is -0.504 e. The average molecular weight is 405 g/mol. The van der Waals surface area contributed by atoms with Gasteiger partial charge < -0.3 is 9.84 Å². The molecule has 0 saturated carbocycles. The molecule has 2 aromatic carbocycles. The highest BCUT2D eigenvalue weighted by Crippen LogP contribution is 2.28. The number of nitrogens with zero attached hydrogens (tertiary/aromatic N) is 2. The molecule has 8 nitrogen and oxygen atoms in total. The third kappa shape index (κ3) is 5.46. The first-order valence-corrected chi connectivity index (χ1v) is 10.2. The number of carbonyl (C=O) groups is 1. The average Bonchev–Trinajstić information content (AvgIpc) is 2.59. The summed E-state index contributed by atoms with van der Waals surface area (Å²) in [5.41, 5.74) is 4.79. The molecule has 0 bridgehead atoms. The van der Waals surface area contributed by atoms with Crippen molar-refractivity contribution in [2.24, 2.45) is 5.10 Å². The van der Waals surface area contributed by atoms with Crippen LogP contribution in [-0.4, -0.2) is 45.6 Å². The van der Waals surface area contributed by atoms with Crippen molar-refractivity contribution in [3.05, 3.63) is 53.1 Å². The number of ether oxygens (including phenoxy) is 1. The number of para-hydroxylation sites is 1. The van der Waals surface area contributed by atoms with Crippen LogP contribution in [0.1, 0.15) is 16.7 Å². The predicted molar refractivity (Wildman–Crippen MR) is 109 cm³/mol. The maximum atomic E-state index is 12.2. The monoisotopic (exact) mass is 405 g/mol. The molecule has 2 aromatic rings. The second kappa shape index (κ2) is 8.75. The lowest BCUT2D eigenvalue weighted by molar-refractivity contribution is -0.119. The van der Waals surface area contributed by atoms with Gasteiger partial charge in [0.05, 0.1) is 25.3 Å². The summed E-state index contributed by atoms with van der Waals surface area (Å²) in [5.74, 6) is -0.465. The molecule has 1 amide bonds. The topological polar surface area (TPSA) is 108 Å². The number of hydrogen-bond donors (Lipinski definition) is 2. The molecule has 0 fully saturated rings. The molecule has 0 aliphatic rings. The first-order valence-electron chi connectivity index (χ1n) is 8.35. The molecule has 0 aromatic heterocycles. The van der Waals surface area contributed by atoms with Crippen LogP contribution in [-0.2, 0) is 14.8 Å². The van der Waals surface area contributed by atoms with Crippen molar-refractivity contribution in [3.8, 4) is 11.5 Å². The molecule has 0 saturated heterocycles. The minimum atomic E-state index is -3.68. The van der Waals surface area contributed by atoms with Gasteiger partial charge in [-0.3, -0.25) is 9.10 Å². The van der Waals surface area contributed by atoms with Gasteiger partial charge in [-0.25, -0.2) is 13.8 Å². The molecule has 0 unspecified atom stereocenters. The Hall–Kier alpha value is -3.07. The number of anilines is 1. The number of rotatable bonds is 7. The number of phenolic OH excluding ortho intramolecular Hbond substituents is 1. The molecule has 28 heavy (non-hydrogen) atoms. The number of hydrazone groups is 1. The van der Waals surface area contributed by atoms with E-state index in [1.54, 1.807) is 30.3 Å². The van der Waals surface area contributed by atoms with Crippen molar-refractivity contribution in [1.29, 1.82) is 0 Å². The highest BCUT2D eigenvalue weighted by Gasteiger charge is 2.21. The molecule has 2 rings (SSSR count). The van der Waals surface area contributed by atoms with Crippen molar-refractivity contribution < 1.29 is 23.1 Å². The Morgan fingerprint density at radius 1 is 1.25 bits per heavy atom. The van der Waals surface area contributed by atoms with E-state index in [2.05, 4.69) is 10.5 Å². The third-order valence-corrected chi connectivity index (χ3v) is 4.97. The van der Waals surface area contributed by atoms with Crippen LogP contribution in [0.25, 0.3) is 0 Å². The maximum absolute atomic E-state index is 12.2. The number of phenols is 1. The number of nitrogens with one attached hydrogen (secondary N) is 1. The van der Waals surface area contributed by atoms with Crippen LogP contribution in [0.4, 0.5) is 5.69 Å². The van der Waals surface area contributed by atoms with Crippen LogP contribution in [0.3, 0.4) is 0 Å². The first kappa shape index (κ1) is 21.2. The molecule has 2 N–H and O–H groups in total. The van der Waals surface area contributed by atoms with E-state index in [-0.39, 0.29) is 11.5 Å². The lowest BCUT2D eigenvalue weighted by atomic mass is 10.1. The van der Waals surface area contributed by atoms with Crippen LogP contribution in [0, 0.1) is 13.8 Å². The highest BCUT2D eigenvalue weighted by molar-refractivity contribution is 7.92. The third-order valence-electron chi connectivity index (χ3n) is 3.82. The Kier molecular flexibility index (Phi) is 6.63. The number of hydrogen-bond acceptors (Lipinski definition) is 6. The molecule has 0 aliphatic heterocycles. The molecular weight excluding hydrogens is 382 g/mol. The second-order valence-electron chi connectivity index (χ2n) is 6.31. The number of aromatic hydroxyl groups is 1. The lowest BCUT2D eigenvalue weighted by Crippen LogP contribution is -2.39. The first-order chi connectivity index (χ1) is 13.1. The predicted octanol–water partition coefficient (Wildman–Crippen LogP) is 1.93. The highest BCUT2D eigenvalue weighted by atomic mass is 32.2. The number of aryl methyl sites for hydroxylation is 2. The number of benzene rings is 2. The number of amides is 1. The summed E-state index contributed by atoms with van der Waals surface area (Å²) in [6, 6.07) is 10.1. The van der Waals surface area contributed by atoms with Gasteiger partial charge in [0.2, 0.25) is 10.0 Å². The van der Waals surface area contributed by atoms with Crippen LogP contribution in [0.15, 0.2) is 41.5 Å². The Morgan fingerprint density at radius 3 is 2.46 bits per heavy atom. The van der Waals surface area contributed by atoms with Crippen LogP contribution >= 0.6 is 0 Å². The van der Waals surface area contributed by atoms with Gasteiger partial charge in [-0.2, -0.15) is 5.10 Å². The summed E-state index contributed by atoms with van der Waals surface area (Å²) in [7, 11) is -2.25. The van der Waals surface area contributed by atoms with E-state index in [9.17, 15) is 18.3 Å². The molecule has 0 radical (unpaired) electrons. The minimum absolute atomic E-state index is 0.115. The van der Waals surface area contributed by atoms with Crippen molar-refractivity contribution in [1.82, 2.24) is 5.43 Å². The zero-order valence-corrected chi connectivity index (χ0v) is 16.9. The fourth-order valence-corrected chi connectivity index (χ4v) is 3.48. The van der Waals surface area contributed by atoms with Gasteiger partial charge in [0.1, 0.15) is 6.54 Å². The Bertz CT molecular complexity index is 982. The summed E-state index contributed by atoms with van der Waals surface area (Å²) in [6.07, 6.45) is 2.28. The second-order valence-corrected chi connectivity index (χ2v) is 8.21. The van der Waals surface area contributed by atoms with Gasteiger partial charge >= 0.3 is 0 Å².